The van der Waals surface area contributed by atoms with Gasteiger partial charge in [0.15, 0.2) is 0 Å². The molecule has 30 heavy (non-hydrogen) atoms. The van der Waals surface area contributed by atoms with Crippen LogP contribution in [-0.2, 0) is 11.2 Å². The zero-order chi connectivity index (χ0) is 21.5. The molecule has 1 aliphatic rings. The summed E-state index contributed by atoms with van der Waals surface area (Å²) < 4.78 is 0. The van der Waals surface area contributed by atoms with Crippen molar-refractivity contribution in [3.05, 3.63) is 35.5 Å². The number of nitriles is 1. The summed E-state index contributed by atoms with van der Waals surface area (Å²) in [5.41, 5.74) is 8.37. The molecule has 8 nitrogen and oxygen atoms in total. The second-order valence-corrected chi connectivity index (χ2v) is 7.67. The van der Waals surface area contributed by atoms with Crippen molar-refractivity contribution in [1.82, 2.24) is 15.3 Å². The predicted molar refractivity (Wildman–Crippen MR) is 119 cm³/mol. The summed E-state index contributed by atoms with van der Waals surface area (Å²) in [6.07, 6.45) is 4.96. The third-order valence-electron chi connectivity index (χ3n) is 5.13. The highest BCUT2D eigenvalue weighted by Gasteiger charge is 2.22. The second-order valence-electron chi connectivity index (χ2n) is 7.67. The summed E-state index contributed by atoms with van der Waals surface area (Å²) in [6, 6.07) is 9.47. The number of carbonyl (C=O) groups is 1. The quantitative estimate of drug-likeness (QED) is 0.603. The number of nitrogens with zero attached hydrogens (tertiary/aromatic N) is 4. The van der Waals surface area contributed by atoms with Gasteiger partial charge in [-0.1, -0.05) is 13.3 Å². The number of hydrogen-bond acceptors (Lipinski definition) is 7. The molecule has 0 aliphatic carbocycles. The fourth-order valence-electron chi connectivity index (χ4n) is 3.64. The van der Waals surface area contributed by atoms with Crippen molar-refractivity contribution in [2.24, 2.45) is 0 Å². The van der Waals surface area contributed by atoms with Gasteiger partial charge in [-0.15, -0.1) is 0 Å². The lowest BCUT2D eigenvalue weighted by Gasteiger charge is -2.34. The average molecular weight is 408 g/mol. The Kier molecular flexibility index (Phi) is 7.07. The van der Waals surface area contributed by atoms with Gasteiger partial charge in [0.2, 0.25) is 11.9 Å². The van der Waals surface area contributed by atoms with E-state index in [0.717, 1.165) is 56.7 Å². The number of amides is 1. The Bertz CT molecular complexity index is 938. The standard InChI is InChI=1S/C22H29N7O/c1-3-4-6-17-12-21(29-10-5-7-19(14-29)25-15(2)30)28-22(26-17)27-18-8-9-20(24)16(11-18)13-23/h8-9,11-12,19H,3-7,10,14,24H2,1-2H3,(H,25,30)(H,26,27,28). The van der Waals surface area contributed by atoms with Crippen molar-refractivity contribution in [2.75, 3.05) is 29.0 Å². The first-order chi connectivity index (χ1) is 14.5. The predicted octanol–water partition coefficient (Wildman–Crippen LogP) is 3.12. The Morgan fingerprint density at radius 1 is 1.37 bits per heavy atom. The van der Waals surface area contributed by atoms with E-state index >= 15 is 0 Å². The van der Waals surface area contributed by atoms with E-state index in [0.29, 0.717) is 22.9 Å². The summed E-state index contributed by atoms with van der Waals surface area (Å²) in [7, 11) is 0. The molecule has 0 bridgehead atoms. The first-order valence-corrected chi connectivity index (χ1v) is 10.4. The van der Waals surface area contributed by atoms with Crippen LogP contribution < -0.4 is 21.3 Å². The van der Waals surface area contributed by atoms with Gasteiger partial charge in [0, 0.05) is 49.2 Å². The van der Waals surface area contributed by atoms with Crippen molar-refractivity contribution in [2.45, 2.75) is 52.0 Å². The van der Waals surface area contributed by atoms with Gasteiger partial charge in [-0.25, -0.2) is 4.98 Å². The molecule has 2 aromatic rings. The van der Waals surface area contributed by atoms with Crippen LogP contribution in [0, 0.1) is 11.3 Å². The van der Waals surface area contributed by atoms with E-state index < -0.39 is 0 Å². The molecule has 1 unspecified atom stereocenters. The lowest BCUT2D eigenvalue weighted by molar-refractivity contribution is -0.119. The average Bonchev–Trinajstić information content (AvgIpc) is 2.73. The topological polar surface area (TPSA) is 120 Å². The van der Waals surface area contributed by atoms with Gasteiger partial charge in [-0.05, 0) is 43.9 Å². The van der Waals surface area contributed by atoms with Gasteiger partial charge >= 0.3 is 0 Å². The van der Waals surface area contributed by atoms with Crippen LogP contribution >= 0.6 is 0 Å². The fraction of sp³-hybridized carbons (Fsp3) is 0.455. The molecule has 0 radical (unpaired) electrons. The summed E-state index contributed by atoms with van der Waals surface area (Å²) in [6.45, 7) is 5.32. The largest absolute Gasteiger partial charge is 0.398 e. The maximum absolute atomic E-state index is 11.5. The first kappa shape index (κ1) is 21.4. The van der Waals surface area contributed by atoms with Crippen LogP contribution in [0.25, 0.3) is 0 Å². The van der Waals surface area contributed by atoms with Crippen molar-refractivity contribution < 1.29 is 4.79 Å². The van der Waals surface area contributed by atoms with Crippen molar-refractivity contribution in [1.29, 1.82) is 5.26 Å². The number of piperidine rings is 1. The van der Waals surface area contributed by atoms with Gasteiger partial charge in [0.05, 0.1) is 5.56 Å². The van der Waals surface area contributed by atoms with E-state index in [9.17, 15) is 10.1 Å². The normalized spacial score (nSPS) is 16.0. The smallest absolute Gasteiger partial charge is 0.229 e. The summed E-state index contributed by atoms with van der Waals surface area (Å²) in [5, 5.41) is 15.5. The second kappa shape index (κ2) is 9.92. The number of nitrogens with two attached hydrogens (primary N) is 1. The fourth-order valence-corrected chi connectivity index (χ4v) is 3.64. The number of benzene rings is 1. The number of rotatable bonds is 7. The van der Waals surface area contributed by atoms with Gasteiger partial charge < -0.3 is 21.3 Å². The summed E-state index contributed by atoms with van der Waals surface area (Å²) in [4.78, 5) is 23.1. The minimum atomic E-state index is -0.00724. The van der Waals surface area contributed by atoms with Crippen LogP contribution in [0.4, 0.5) is 23.1 Å². The third-order valence-corrected chi connectivity index (χ3v) is 5.13. The van der Waals surface area contributed by atoms with Crippen LogP contribution in [0.5, 0.6) is 0 Å². The Morgan fingerprint density at radius 2 is 2.20 bits per heavy atom. The molecule has 8 heteroatoms. The molecule has 1 saturated heterocycles. The highest BCUT2D eigenvalue weighted by Crippen LogP contribution is 2.24. The highest BCUT2D eigenvalue weighted by atomic mass is 16.1. The molecule has 3 rings (SSSR count). The number of nitrogen functional groups attached to an aromatic ring is 1. The minimum absolute atomic E-state index is 0.00724. The van der Waals surface area contributed by atoms with E-state index in [1.165, 1.54) is 0 Å². The molecular weight excluding hydrogens is 378 g/mol. The zero-order valence-electron chi connectivity index (χ0n) is 17.6. The van der Waals surface area contributed by atoms with Crippen LogP contribution in [0.1, 0.15) is 50.8 Å². The Balaban J connectivity index is 1.86. The van der Waals surface area contributed by atoms with Crippen LogP contribution in [0.3, 0.4) is 0 Å². The molecule has 1 amide bonds. The maximum atomic E-state index is 11.5. The van der Waals surface area contributed by atoms with Gasteiger partial charge in [-0.2, -0.15) is 10.2 Å². The highest BCUT2D eigenvalue weighted by molar-refractivity contribution is 5.73. The minimum Gasteiger partial charge on any atom is -0.398 e. The van der Waals surface area contributed by atoms with Gasteiger partial charge in [0.25, 0.3) is 0 Å². The molecule has 2 heterocycles. The van der Waals surface area contributed by atoms with Gasteiger partial charge in [-0.3, -0.25) is 4.79 Å². The molecule has 158 valence electrons. The number of anilines is 4. The SMILES string of the molecule is CCCCc1cc(N2CCCC(NC(C)=O)C2)nc(Nc2ccc(N)c(C#N)c2)n1. The monoisotopic (exact) mass is 407 g/mol. The summed E-state index contributed by atoms with van der Waals surface area (Å²) in [5.74, 6) is 1.34. The van der Waals surface area contributed by atoms with E-state index in [4.69, 9.17) is 10.7 Å². The number of aromatic nitrogens is 2. The Labute approximate surface area is 177 Å². The lowest BCUT2D eigenvalue weighted by Crippen LogP contribution is -2.47. The molecule has 4 N–H and O–H groups in total. The van der Waals surface area contributed by atoms with Crippen molar-refractivity contribution in [3.63, 3.8) is 0 Å². The lowest BCUT2D eigenvalue weighted by atomic mass is 10.1. The molecule has 1 aromatic heterocycles. The molecule has 1 atom stereocenters. The molecule has 1 aliphatic heterocycles. The maximum Gasteiger partial charge on any atom is 0.229 e. The van der Waals surface area contributed by atoms with E-state index in [-0.39, 0.29) is 11.9 Å². The number of hydrogen-bond donors (Lipinski definition) is 3. The summed E-state index contributed by atoms with van der Waals surface area (Å²) >= 11 is 0. The number of unbranched alkanes of at least 4 members (excludes halogenated alkanes) is 1. The van der Waals surface area contributed by atoms with E-state index in [1.807, 2.05) is 12.1 Å². The molecule has 0 saturated carbocycles. The Morgan fingerprint density at radius 3 is 2.93 bits per heavy atom. The Hall–Kier alpha value is -3.34. The number of carbonyl (C=O) groups excluding carboxylic acids is 1. The number of aryl methyl sites for hydroxylation is 1. The molecule has 1 aromatic carbocycles. The molecule has 0 spiro atoms. The van der Waals surface area contributed by atoms with Crippen LogP contribution in [-0.4, -0.2) is 35.0 Å². The van der Waals surface area contributed by atoms with Crippen LogP contribution in [0.2, 0.25) is 0 Å². The van der Waals surface area contributed by atoms with E-state index in [1.54, 1.807) is 19.1 Å². The van der Waals surface area contributed by atoms with E-state index in [2.05, 4.69) is 33.5 Å². The van der Waals surface area contributed by atoms with Crippen LogP contribution in [0.15, 0.2) is 24.3 Å². The first-order valence-electron chi connectivity index (χ1n) is 10.4. The van der Waals surface area contributed by atoms with Crippen molar-refractivity contribution in [3.8, 4) is 6.07 Å². The molecule has 1 fully saturated rings. The zero-order valence-corrected chi connectivity index (χ0v) is 17.6. The van der Waals surface area contributed by atoms with Gasteiger partial charge in [0.1, 0.15) is 11.9 Å². The molecular formula is C22H29N7O. The van der Waals surface area contributed by atoms with Crippen molar-refractivity contribution >= 4 is 29.0 Å². The number of nitrogens with one attached hydrogen (secondary N) is 2. The third kappa shape index (κ3) is 5.60.